The molecule has 0 bridgehead atoms. The van der Waals surface area contributed by atoms with Gasteiger partial charge in [-0.2, -0.15) is 0 Å². The summed E-state index contributed by atoms with van der Waals surface area (Å²) in [6.45, 7) is 2.33. The lowest BCUT2D eigenvalue weighted by Gasteiger charge is -2.49. The molecule has 6 aromatic rings. The van der Waals surface area contributed by atoms with Gasteiger partial charge in [-0.1, -0.05) is 182 Å². The number of methoxy groups -OCH3 is 1. The highest BCUT2D eigenvalue weighted by atomic mass is 16.7. The van der Waals surface area contributed by atoms with E-state index < -0.39 is 61.0 Å². The minimum Gasteiger partial charge on any atom is -0.388 e. The Kier molecular flexibility index (Phi) is 18.1. The molecule has 0 amide bonds. The van der Waals surface area contributed by atoms with Crippen molar-refractivity contribution in [3.8, 4) is 0 Å². The number of hydrogen-bond acceptors (Lipinski definition) is 10. The summed E-state index contributed by atoms with van der Waals surface area (Å²) in [6.07, 6.45) is -6.27. The van der Waals surface area contributed by atoms with Crippen LogP contribution in [0.25, 0.3) is 0 Å². The molecule has 10 heteroatoms. The van der Waals surface area contributed by atoms with Crippen LogP contribution in [0.15, 0.2) is 182 Å². The second-order valence-electron chi connectivity index (χ2n) is 16.9. The molecule has 1 N–H and O–H groups in total. The highest BCUT2D eigenvalue weighted by Crippen LogP contribution is 2.39. The largest absolute Gasteiger partial charge is 0.388 e. The van der Waals surface area contributed by atoms with Gasteiger partial charge in [-0.05, 0) is 39.8 Å². The van der Waals surface area contributed by atoms with Gasteiger partial charge < -0.3 is 47.7 Å². The number of rotatable bonds is 23. The Morgan fingerprint density at radius 2 is 0.727 bits per heavy atom. The number of ether oxygens (including phenoxy) is 9. The normalized spacial score (nSPS) is 25.4. The average Bonchev–Trinajstić information content (AvgIpc) is 3.37. The van der Waals surface area contributed by atoms with Crippen LogP contribution in [0, 0.1) is 5.92 Å². The van der Waals surface area contributed by atoms with Crippen LogP contribution in [-0.4, -0.2) is 80.6 Å². The van der Waals surface area contributed by atoms with E-state index in [0.717, 1.165) is 33.4 Å². The van der Waals surface area contributed by atoms with Gasteiger partial charge in [-0.25, -0.2) is 0 Å². The highest BCUT2D eigenvalue weighted by Gasteiger charge is 2.53. The summed E-state index contributed by atoms with van der Waals surface area (Å²) in [5, 5.41) is 12.7. The lowest BCUT2D eigenvalue weighted by molar-refractivity contribution is -0.315. The molecule has 2 fully saturated rings. The molecule has 8 rings (SSSR count). The zero-order valence-electron chi connectivity index (χ0n) is 37.6. The van der Waals surface area contributed by atoms with Gasteiger partial charge in [0.15, 0.2) is 6.29 Å². The maximum Gasteiger partial charge on any atom is 0.186 e. The van der Waals surface area contributed by atoms with Crippen LogP contribution >= 0.6 is 0 Å². The predicted molar refractivity (Wildman–Crippen MR) is 251 cm³/mol. The fourth-order valence-electron chi connectivity index (χ4n) is 8.78. The van der Waals surface area contributed by atoms with E-state index in [0.29, 0.717) is 32.8 Å². The third-order valence-corrected chi connectivity index (χ3v) is 12.2. The SMILES string of the molecule is CO[C@H]1O[C@H](COCc2ccccc2)[C@@H](C[C@@H]2O[C@H](COCc3ccccc3)[C@@H](OCc3ccccc3)[C@H](OCc3ccccc3)[C@H]2O)[C@H](OCc2ccccc2)[C@H]1OCc1ccccc1. The molecule has 2 heterocycles. The second-order valence-corrected chi connectivity index (χ2v) is 16.9. The topological polar surface area (TPSA) is 103 Å². The summed E-state index contributed by atoms with van der Waals surface area (Å²) >= 11 is 0. The Hall–Kier alpha value is -5.08. The van der Waals surface area contributed by atoms with Gasteiger partial charge in [0.1, 0.15) is 30.5 Å². The Bertz CT molecular complexity index is 2220. The van der Waals surface area contributed by atoms with Crippen LogP contribution in [0.5, 0.6) is 0 Å². The van der Waals surface area contributed by atoms with Crippen molar-refractivity contribution in [1.82, 2.24) is 0 Å². The van der Waals surface area contributed by atoms with Gasteiger partial charge in [0.2, 0.25) is 0 Å². The van der Waals surface area contributed by atoms with Crippen LogP contribution in [0.1, 0.15) is 39.8 Å². The highest BCUT2D eigenvalue weighted by molar-refractivity contribution is 5.18. The standard InChI is InChI=1S/C56H62O10/c1-58-56-55(64-38-46-30-18-7-19-31-46)52(61-35-43-24-12-4-13-25-43)47(49(66-56)39-59-33-41-20-8-2-9-21-41)32-48-51(57)54(63-37-45-28-16-6-17-29-45)53(62-36-44-26-14-5-15-27-44)50(65-48)40-60-34-42-22-10-3-11-23-42/h2-31,47-57H,32-40H2,1H3/t47-,48+,49-,50-,51+,52+,53-,54-,55-,56+/m1/s1. The second kappa shape index (κ2) is 25.2. The predicted octanol–water partition coefficient (Wildman–Crippen LogP) is 9.27. The van der Waals surface area contributed by atoms with Crippen molar-refractivity contribution < 1.29 is 47.7 Å². The quantitative estimate of drug-likeness (QED) is 0.0670. The number of aliphatic hydroxyl groups excluding tert-OH is 1. The van der Waals surface area contributed by atoms with Gasteiger partial charge in [0.05, 0.1) is 71.2 Å². The van der Waals surface area contributed by atoms with Gasteiger partial charge in [-0.3, -0.25) is 0 Å². The van der Waals surface area contributed by atoms with Crippen LogP contribution in [0.4, 0.5) is 0 Å². The molecule has 0 aromatic heterocycles. The van der Waals surface area contributed by atoms with E-state index in [9.17, 15) is 5.11 Å². The van der Waals surface area contributed by atoms with Crippen molar-refractivity contribution in [3.63, 3.8) is 0 Å². The molecule has 10 nitrogen and oxygen atoms in total. The van der Waals surface area contributed by atoms with E-state index in [2.05, 4.69) is 0 Å². The van der Waals surface area contributed by atoms with Crippen molar-refractivity contribution in [2.45, 2.75) is 101 Å². The molecule has 0 radical (unpaired) electrons. The fourth-order valence-corrected chi connectivity index (χ4v) is 8.78. The first-order valence-corrected chi connectivity index (χ1v) is 23.0. The first-order valence-electron chi connectivity index (χ1n) is 23.0. The summed E-state index contributed by atoms with van der Waals surface area (Å²) < 4.78 is 60.2. The molecule has 0 saturated carbocycles. The molecule has 346 valence electrons. The maximum atomic E-state index is 12.7. The number of benzene rings is 6. The van der Waals surface area contributed by atoms with E-state index in [-0.39, 0.29) is 26.4 Å². The molecule has 2 saturated heterocycles. The fraction of sp³-hybridized carbons (Fsp3) is 0.357. The lowest BCUT2D eigenvalue weighted by atomic mass is 9.81. The summed E-state index contributed by atoms with van der Waals surface area (Å²) in [6, 6.07) is 60.1. The van der Waals surface area contributed by atoms with E-state index in [4.69, 9.17) is 42.6 Å². The molecule has 0 spiro atoms. The Labute approximate surface area is 389 Å². The molecule has 6 aromatic carbocycles. The van der Waals surface area contributed by atoms with Crippen molar-refractivity contribution in [2.24, 2.45) is 5.92 Å². The molecule has 0 unspecified atom stereocenters. The van der Waals surface area contributed by atoms with Crippen molar-refractivity contribution in [3.05, 3.63) is 215 Å². The average molecular weight is 895 g/mol. The Morgan fingerprint density at radius 3 is 1.14 bits per heavy atom. The zero-order valence-corrected chi connectivity index (χ0v) is 37.6. The van der Waals surface area contributed by atoms with Gasteiger partial charge in [0, 0.05) is 13.0 Å². The molecule has 2 aliphatic heterocycles. The summed E-state index contributed by atoms with van der Waals surface area (Å²) in [4.78, 5) is 0. The summed E-state index contributed by atoms with van der Waals surface area (Å²) in [5.74, 6) is -0.418. The molecule has 0 aliphatic carbocycles. The van der Waals surface area contributed by atoms with E-state index in [1.807, 2.05) is 182 Å². The van der Waals surface area contributed by atoms with Crippen LogP contribution in [0.3, 0.4) is 0 Å². The minimum absolute atomic E-state index is 0.191. The van der Waals surface area contributed by atoms with Crippen LogP contribution in [0.2, 0.25) is 0 Å². The smallest absolute Gasteiger partial charge is 0.186 e. The molecule has 10 atom stereocenters. The van der Waals surface area contributed by atoms with Crippen molar-refractivity contribution >= 4 is 0 Å². The van der Waals surface area contributed by atoms with E-state index in [1.165, 1.54) is 0 Å². The van der Waals surface area contributed by atoms with Gasteiger partial charge in [-0.15, -0.1) is 0 Å². The van der Waals surface area contributed by atoms with Gasteiger partial charge >= 0.3 is 0 Å². The van der Waals surface area contributed by atoms with E-state index in [1.54, 1.807) is 7.11 Å². The maximum absolute atomic E-state index is 12.7. The lowest BCUT2D eigenvalue weighted by Crippen LogP contribution is -2.63. The molecular formula is C56H62O10. The third-order valence-electron chi connectivity index (χ3n) is 12.2. The minimum atomic E-state index is -1.12. The molecule has 2 aliphatic rings. The molecule has 66 heavy (non-hydrogen) atoms. The van der Waals surface area contributed by atoms with Gasteiger partial charge in [0.25, 0.3) is 0 Å². The number of aliphatic hydroxyl groups is 1. The van der Waals surface area contributed by atoms with Crippen molar-refractivity contribution in [2.75, 3.05) is 20.3 Å². The summed E-state index contributed by atoms with van der Waals surface area (Å²) in [5.41, 5.74) is 6.05. The van der Waals surface area contributed by atoms with Crippen LogP contribution in [-0.2, 0) is 82.3 Å². The van der Waals surface area contributed by atoms with Crippen LogP contribution < -0.4 is 0 Å². The Morgan fingerprint density at radius 1 is 0.379 bits per heavy atom. The third kappa shape index (κ3) is 13.5. The van der Waals surface area contributed by atoms with E-state index >= 15 is 0 Å². The Balaban J connectivity index is 1.12. The molecular weight excluding hydrogens is 833 g/mol. The first kappa shape index (κ1) is 47.4. The van der Waals surface area contributed by atoms with Crippen molar-refractivity contribution in [1.29, 1.82) is 0 Å². The zero-order chi connectivity index (χ0) is 45.2. The first-order chi connectivity index (χ1) is 32.6. The number of hydrogen-bond donors (Lipinski definition) is 1. The monoisotopic (exact) mass is 894 g/mol. The summed E-state index contributed by atoms with van der Waals surface area (Å²) in [7, 11) is 1.62.